The van der Waals surface area contributed by atoms with Gasteiger partial charge in [-0.25, -0.2) is 18.0 Å². The topological polar surface area (TPSA) is 97.6 Å². The van der Waals surface area contributed by atoms with E-state index in [2.05, 4.69) is 9.98 Å². The average Bonchev–Trinajstić information content (AvgIpc) is 2.55. The smallest absolute Gasteiger partial charge is 0.347 e. The van der Waals surface area contributed by atoms with Crippen LogP contribution in [0.2, 0.25) is 0 Å². The van der Waals surface area contributed by atoms with E-state index in [-0.39, 0.29) is 30.6 Å². The highest BCUT2D eigenvalue weighted by Crippen LogP contribution is 2.34. The molecule has 3 rings (SSSR count). The summed E-state index contributed by atoms with van der Waals surface area (Å²) < 4.78 is 42.3. The lowest BCUT2D eigenvalue weighted by Crippen LogP contribution is -2.37. The molecule has 0 unspecified atom stereocenters. The zero-order valence-corrected chi connectivity index (χ0v) is 13.0. The molecule has 0 fully saturated rings. The van der Waals surface area contributed by atoms with Crippen LogP contribution < -0.4 is 11.5 Å². The van der Waals surface area contributed by atoms with Crippen molar-refractivity contribution in [1.82, 2.24) is 9.88 Å². The predicted octanol–water partition coefficient (Wildman–Crippen LogP) is 1.92. The number of carbonyl (C=O) groups is 1. The van der Waals surface area contributed by atoms with E-state index in [1.807, 2.05) is 0 Å². The molecule has 1 aliphatic heterocycles. The van der Waals surface area contributed by atoms with Gasteiger partial charge in [0.2, 0.25) is 0 Å². The Labute approximate surface area is 141 Å². The summed E-state index contributed by atoms with van der Waals surface area (Å²) in [6.45, 7) is 0.115. The summed E-state index contributed by atoms with van der Waals surface area (Å²) >= 11 is 0. The van der Waals surface area contributed by atoms with Gasteiger partial charge in [0.15, 0.2) is 17.6 Å². The highest BCUT2D eigenvalue weighted by atomic mass is 19.1. The van der Waals surface area contributed by atoms with Crippen molar-refractivity contribution in [2.45, 2.75) is 13.0 Å². The predicted molar refractivity (Wildman–Crippen MR) is 84.9 cm³/mol. The molecular weight excluding hydrogens is 335 g/mol. The number of hydrogen-bond acceptors (Lipinski definition) is 2. The lowest BCUT2D eigenvalue weighted by molar-refractivity contribution is 0.202. The summed E-state index contributed by atoms with van der Waals surface area (Å²) in [7, 11) is 0. The molecule has 0 bridgehead atoms. The van der Waals surface area contributed by atoms with Gasteiger partial charge in [0.1, 0.15) is 5.82 Å². The molecule has 1 aromatic heterocycles. The first kappa shape index (κ1) is 16.7. The molecule has 2 amide bonds. The monoisotopic (exact) mass is 349 g/mol. The van der Waals surface area contributed by atoms with Crippen LogP contribution in [-0.2, 0) is 13.0 Å². The van der Waals surface area contributed by atoms with Crippen LogP contribution in [0, 0.1) is 17.5 Å². The molecule has 1 aromatic carbocycles. The number of guanidine groups is 1. The second-order valence-electron chi connectivity index (χ2n) is 5.52. The Hall–Kier alpha value is -3.10. The highest BCUT2D eigenvalue weighted by molar-refractivity contribution is 5.90. The van der Waals surface area contributed by atoms with E-state index in [1.165, 1.54) is 11.0 Å². The van der Waals surface area contributed by atoms with Gasteiger partial charge in [-0.15, -0.1) is 0 Å². The SMILES string of the molecule is NC(N)=NC(=O)N1CCc2c(F)ccc(-c3c(F)cncc3F)c2C1. The Balaban J connectivity index is 2.10. The zero-order valence-electron chi connectivity index (χ0n) is 13.0. The van der Waals surface area contributed by atoms with Crippen LogP contribution in [0.4, 0.5) is 18.0 Å². The van der Waals surface area contributed by atoms with Gasteiger partial charge >= 0.3 is 6.03 Å². The Morgan fingerprint density at radius 1 is 1.08 bits per heavy atom. The van der Waals surface area contributed by atoms with E-state index in [1.54, 1.807) is 0 Å². The van der Waals surface area contributed by atoms with Crippen molar-refractivity contribution in [1.29, 1.82) is 0 Å². The second-order valence-corrected chi connectivity index (χ2v) is 5.52. The number of nitrogens with two attached hydrogens (primary N) is 2. The molecule has 0 aliphatic carbocycles. The maximum Gasteiger partial charge on any atom is 0.347 e. The first-order valence-electron chi connectivity index (χ1n) is 7.36. The number of amides is 2. The maximum absolute atomic E-state index is 14.1. The zero-order chi connectivity index (χ0) is 18.1. The first-order chi connectivity index (χ1) is 11.9. The third-order valence-electron chi connectivity index (χ3n) is 3.97. The van der Waals surface area contributed by atoms with Crippen LogP contribution in [0.25, 0.3) is 11.1 Å². The van der Waals surface area contributed by atoms with Crippen molar-refractivity contribution in [3.8, 4) is 11.1 Å². The van der Waals surface area contributed by atoms with Gasteiger partial charge in [-0.3, -0.25) is 4.98 Å². The minimum Gasteiger partial charge on any atom is -0.370 e. The Kier molecular flexibility index (Phi) is 4.30. The summed E-state index contributed by atoms with van der Waals surface area (Å²) in [5.41, 5.74) is 10.9. The Bertz CT molecular complexity index is 860. The lowest BCUT2D eigenvalue weighted by atomic mass is 9.90. The van der Waals surface area contributed by atoms with Crippen molar-refractivity contribution < 1.29 is 18.0 Å². The number of carbonyl (C=O) groups excluding carboxylic acids is 1. The molecule has 130 valence electrons. The quantitative estimate of drug-likeness (QED) is 0.607. The molecule has 0 atom stereocenters. The van der Waals surface area contributed by atoms with Crippen molar-refractivity contribution in [3.05, 3.63) is 53.1 Å². The summed E-state index contributed by atoms with van der Waals surface area (Å²) in [5, 5.41) is 0. The molecule has 0 radical (unpaired) electrons. The number of urea groups is 1. The number of pyridine rings is 1. The number of nitrogens with zero attached hydrogens (tertiary/aromatic N) is 3. The number of hydrogen-bond donors (Lipinski definition) is 2. The Morgan fingerprint density at radius 3 is 2.40 bits per heavy atom. The molecule has 2 heterocycles. The molecule has 2 aromatic rings. The summed E-state index contributed by atoms with van der Waals surface area (Å²) in [6, 6.07) is 1.74. The fourth-order valence-corrected chi connectivity index (χ4v) is 2.88. The molecular formula is C16H14F3N5O. The second kappa shape index (κ2) is 6.42. The molecule has 0 saturated heterocycles. The molecule has 4 N–H and O–H groups in total. The van der Waals surface area contributed by atoms with Gasteiger partial charge in [0, 0.05) is 13.1 Å². The number of aromatic nitrogens is 1. The number of benzene rings is 1. The number of halogens is 3. The minimum atomic E-state index is -0.874. The average molecular weight is 349 g/mol. The van der Waals surface area contributed by atoms with E-state index in [9.17, 15) is 18.0 Å². The first-order valence-corrected chi connectivity index (χ1v) is 7.36. The van der Waals surface area contributed by atoms with Crippen LogP contribution in [0.15, 0.2) is 29.5 Å². The van der Waals surface area contributed by atoms with Crippen LogP contribution in [0.5, 0.6) is 0 Å². The van der Waals surface area contributed by atoms with E-state index in [0.29, 0.717) is 11.1 Å². The van der Waals surface area contributed by atoms with Crippen molar-refractivity contribution in [2.75, 3.05) is 6.54 Å². The van der Waals surface area contributed by atoms with Crippen LogP contribution in [0.1, 0.15) is 11.1 Å². The molecule has 1 aliphatic rings. The molecule has 25 heavy (non-hydrogen) atoms. The maximum atomic E-state index is 14.1. The van der Waals surface area contributed by atoms with Crippen molar-refractivity contribution in [3.63, 3.8) is 0 Å². The Morgan fingerprint density at radius 2 is 1.76 bits per heavy atom. The van der Waals surface area contributed by atoms with E-state index < -0.39 is 29.4 Å². The lowest BCUT2D eigenvalue weighted by Gasteiger charge is -2.29. The van der Waals surface area contributed by atoms with Gasteiger partial charge in [0.05, 0.1) is 18.0 Å². The fourth-order valence-electron chi connectivity index (χ4n) is 2.88. The summed E-state index contributed by atoms with van der Waals surface area (Å²) in [6.07, 6.45) is 1.92. The van der Waals surface area contributed by atoms with Gasteiger partial charge < -0.3 is 16.4 Å². The van der Waals surface area contributed by atoms with E-state index in [0.717, 1.165) is 18.5 Å². The standard InChI is InChI=1S/C16H14F3N5O/c17-11-2-1-9(14-12(18)5-22-6-13(14)19)10-7-24(4-3-8(10)11)16(25)23-15(20)21/h1-2,5-6H,3-4,7H2,(H4,20,21,23,25). The number of rotatable bonds is 1. The van der Waals surface area contributed by atoms with Crippen LogP contribution in [-0.4, -0.2) is 28.4 Å². The van der Waals surface area contributed by atoms with Gasteiger partial charge in [0.25, 0.3) is 0 Å². The number of fused-ring (bicyclic) bond motifs is 1. The van der Waals surface area contributed by atoms with Crippen LogP contribution in [0.3, 0.4) is 0 Å². The van der Waals surface area contributed by atoms with Crippen molar-refractivity contribution in [2.24, 2.45) is 16.5 Å². The normalized spacial score (nSPS) is 13.3. The molecule has 9 heteroatoms. The van der Waals surface area contributed by atoms with E-state index >= 15 is 0 Å². The highest BCUT2D eigenvalue weighted by Gasteiger charge is 2.27. The largest absolute Gasteiger partial charge is 0.370 e. The molecule has 0 spiro atoms. The van der Waals surface area contributed by atoms with Gasteiger partial charge in [-0.05, 0) is 29.2 Å². The third-order valence-corrected chi connectivity index (χ3v) is 3.97. The van der Waals surface area contributed by atoms with Crippen molar-refractivity contribution >= 4 is 12.0 Å². The van der Waals surface area contributed by atoms with Gasteiger partial charge in [-0.1, -0.05) is 6.07 Å². The third kappa shape index (κ3) is 3.12. The number of aliphatic imine (C=N–C) groups is 1. The summed E-state index contributed by atoms with van der Waals surface area (Å²) in [4.78, 5) is 20.2. The minimum absolute atomic E-state index is 0.0702. The van der Waals surface area contributed by atoms with E-state index in [4.69, 9.17) is 11.5 Å². The molecule has 6 nitrogen and oxygen atoms in total. The fraction of sp³-hybridized carbons (Fsp3) is 0.188. The molecule has 0 saturated carbocycles. The van der Waals surface area contributed by atoms with Gasteiger partial charge in [-0.2, -0.15) is 4.99 Å². The van der Waals surface area contributed by atoms with Crippen LogP contribution >= 0.6 is 0 Å². The summed E-state index contributed by atoms with van der Waals surface area (Å²) in [5.74, 6) is -2.65.